The van der Waals surface area contributed by atoms with Crippen LogP contribution >= 0.6 is 11.3 Å². The maximum absolute atomic E-state index is 13.2. The Hall–Kier alpha value is -3.45. The number of anilines is 1. The fraction of sp³-hybridized carbons (Fsp3) is 0.0952. The minimum Gasteiger partial charge on any atom is -0.334 e. The van der Waals surface area contributed by atoms with E-state index in [1.807, 2.05) is 47.8 Å². The van der Waals surface area contributed by atoms with E-state index in [-0.39, 0.29) is 17.8 Å². The molecule has 1 saturated heterocycles. The summed E-state index contributed by atoms with van der Waals surface area (Å²) in [6, 6.07) is 20.1. The van der Waals surface area contributed by atoms with Crippen LogP contribution in [0.1, 0.15) is 20.8 Å². The molecular formula is C21H18N4O2S. The fourth-order valence-corrected chi connectivity index (χ4v) is 3.96. The van der Waals surface area contributed by atoms with Crippen molar-refractivity contribution < 1.29 is 9.59 Å². The summed E-state index contributed by atoms with van der Waals surface area (Å²) < 4.78 is 0. The lowest BCUT2D eigenvalue weighted by Gasteiger charge is -2.28. The van der Waals surface area contributed by atoms with Crippen molar-refractivity contribution in [2.24, 2.45) is 0 Å². The van der Waals surface area contributed by atoms with Gasteiger partial charge in [0, 0.05) is 12.7 Å². The molecule has 1 aliphatic heterocycles. The highest BCUT2D eigenvalue weighted by Gasteiger charge is 2.51. The van der Waals surface area contributed by atoms with Crippen LogP contribution in [0.15, 0.2) is 72.1 Å². The summed E-state index contributed by atoms with van der Waals surface area (Å²) in [5.41, 5.74) is 0.760. The van der Waals surface area contributed by atoms with Crippen LogP contribution in [-0.2, 0) is 10.3 Å². The lowest BCUT2D eigenvalue weighted by atomic mass is 9.82. The summed E-state index contributed by atoms with van der Waals surface area (Å²) in [4.78, 5) is 27.5. The second-order valence-electron chi connectivity index (χ2n) is 6.47. The van der Waals surface area contributed by atoms with Gasteiger partial charge in [-0.1, -0.05) is 48.5 Å². The molecule has 0 aliphatic carbocycles. The zero-order valence-corrected chi connectivity index (χ0v) is 15.9. The van der Waals surface area contributed by atoms with Gasteiger partial charge in [0.2, 0.25) is 0 Å². The summed E-state index contributed by atoms with van der Waals surface area (Å²) in [5, 5.41) is 15.9. The molecule has 2 heterocycles. The molecule has 1 fully saturated rings. The van der Waals surface area contributed by atoms with Crippen LogP contribution in [0.4, 0.5) is 5.69 Å². The number of likely N-dealkylation sites (N-methyl/N-ethyl adjacent to an activating group) is 1. The average Bonchev–Trinajstić information content (AvgIpc) is 3.33. The molecule has 3 aromatic rings. The molecule has 0 bridgehead atoms. The number of benzene rings is 2. The molecule has 0 spiro atoms. The fourth-order valence-electron chi connectivity index (χ4n) is 3.34. The monoisotopic (exact) mass is 390 g/mol. The normalized spacial score (nSPS) is 18.8. The van der Waals surface area contributed by atoms with Gasteiger partial charge < -0.3 is 10.6 Å². The first kappa shape index (κ1) is 17.9. The van der Waals surface area contributed by atoms with Crippen molar-refractivity contribution in [2.45, 2.75) is 5.54 Å². The number of thiophene rings is 1. The zero-order chi connectivity index (χ0) is 19.7. The predicted molar refractivity (Wildman–Crippen MR) is 110 cm³/mol. The predicted octanol–water partition coefficient (Wildman–Crippen LogP) is 3.24. The lowest BCUT2D eigenvalue weighted by molar-refractivity contribution is -0.129. The van der Waals surface area contributed by atoms with Gasteiger partial charge in [0.1, 0.15) is 0 Å². The van der Waals surface area contributed by atoms with Crippen LogP contribution in [0, 0.1) is 5.41 Å². The van der Waals surface area contributed by atoms with Gasteiger partial charge in [-0.05, 0) is 34.7 Å². The van der Waals surface area contributed by atoms with E-state index >= 15 is 0 Å². The van der Waals surface area contributed by atoms with Crippen LogP contribution in [-0.4, -0.2) is 29.7 Å². The lowest BCUT2D eigenvalue weighted by Crippen LogP contribution is -2.45. The van der Waals surface area contributed by atoms with E-state index in [0.29, 0.717) is 16.1 Å². The van der Waals surface area contributed by atoms with E-state index in [1.165, 1.54) is 16.2 Å². The molecule has 1 aliphatic rings. The van der Waals surface area contributed by atoms with Gasteiger partial charge in [-0.15, -0.1) is 11.3 Å². The van der Waals surface area contributed by atoms with Gasteiger partial charge >= 0.3 is 0 Å². The maximum Gasteiger partial charge on any atom is 0.265 e. The summed E-state index contributed by atoms with van der Waals surface area (Å²) in [6.07, 6.45) is 0. The molecule has 2 aromatic carbocycles. The van der Waals surface area contributed by atoms with Crippen molar-refractivity contribution in [1.29, 1.82) is 5.41 Å². The largest absolute Gasteiger partial charge is 0.334 e. The Kier molecular flexibility index (Phi) is 4.44. The van der Waals surface area contributed by atoms with Crippen LogP contribution in [0.5, 0.6) is 0 Å². The van der Waals surface area contributed by atoms with Crippen LogP contribution in [0.3, 0.4) is 0 Å². The topological polar surface area (TPSA) is 85.3 Å². The van der Waals surface area contributed by atoms with E-state index in [2.05, 4.69) is 10.6 Å². The van der Waals surface area contributed by atoms with Crippen LogP contribution < -0.4 is 10.6 Å². The van der Waals surface area contributed by atoms with Gasteiger partial charge in [-0.3, -0.25) is 19.9 Å². The quantitative estimate of drug-likeness (QED) is 0.639. The number of rotatable bonds is 4. The molecular weight excluding hydrogens is 372 g/mol. The molecule has 3 N–H and O–H groups in total. The minimum absolute atomic E-state index is 0.0295. The second kappa shape index (κ2) is 6.94. The van der Waals surface area contributed by atoms with E-state index in [4.69, 9.17) is 5.41 Å². The number of nitrogens with zero attached hydrogens (tertiary/aromatic N) is 1. The number of hydrogen-bond donors (Lipinski definition) is 3. The Labute approximate surface area is 166 Å². The van der Waals surface area contributed by atoms with Crippen LogP contribution in [0.2, 0.25) is 0 Å². The van der Waals surface area contributed by atoms with E-state index < -0.39 is 5.54 Å². The third kappa shape index (κ3) is 2.86. The SMILES string of the molecule is CN1C(=N)NC(c2ccccc2)(c2cccc(NC(=O)c3cccs3)c2)C1=O. The van der Waals surface area contributed by atoms with E-state index in [9.17, 15) is 9.59 Å². The van der Waals surface area contributed by atoms with Crippen molar-refractivity contribution in [1.82, 2.24) is 10.2 Å². The third-order valence-electron chi connectivity index (χ3n) is 4.77. The minimum atomic E-state index is -1.21. The van der Waals surface area contributed by atoms with Gasteiger partial charge in [-0.2, -0.15) is 0 Å². The maximum atomic E-state index is 13.2. The number of amides is 2. The molecule has 4 rings (SSSR count). The van der Waals surface area contributed by atoms with Gasteiger partial charge in [0.25, 0.3) is 11.8 Å². The molecule has 1 unspecified atom stereocenters. The Bertz CT molecular complexity index is 1050. The molecule has 28 heavy (non-hydrogen) atoms. The molecule has 2 amide bonds. The summed E-state index contributed by atoms with van der Waals surface area (Å²) in [5.74, 6) is -0.413. The van der Waals surface area contributed by atoms with E-state index in [1.54, 1.807) is 31.3 Å². The number of hydrogen-bond acceptors (Lipinski definition) is 4. The summed E-state index contributed by atoms with van der Waals surface area (Å²) in [7, 11) is 1.57. The Morgan fingerprint density at radius 3 is 2.46 bits per heavy atom. The Balaban J connectivity index is 1.77. The van der Waals surface area contributed by atoms with Gasteiger partial charge in [-0.25, -0.2) is 0 Å². The second-order valence-corrected chi connectivity index (χ2v) is 7.41. The number of carbonyl (C=O) groups excluding carboxylic acids is 2. The van der Waals surface area contributed by atoms with Crippen molar-refractivity contribution in [3.8, 4) is 0 Å². The van der Waals surface area contributed by atoms with Crippen molar-refractivity contribution in [3.63, 3.8) is 0 Å². The average molecular weight is 390 g/mol. The van der Waals surface area contributed by atoms with E-state index in [0.717, 1.165) is 5.56 Å². The molecule has 7 heteroatoms. The standard InChI is InChI=1S/C21H18N4O2S/c1-25-19(27)21(24-20(25)22,14-7-3-2-4-8-14)15-9-5-10-16(13-15)23-18(26)17-11-6-12-28-17/h2-13H,1H3,(H2,22,24)(H,23,26). The van der Waals surface area contributed by atoms with Gasteiger partial charge in [0.15, 0.2) is 11.5 Å². The van der Waals surface area contributed by atoms with Crippen molar-refractivity contribution >= 4 is 34.8 Å². The highest BCUT2D eigenvalue weighted by atomic mass is 32.1. The molecule has 0 radical (unpaired) electrons. The number of nitrogens with one attached hydrogen (secondary N) is 3. The molecule has 1 aromatic heterocycles. The molecule has 1 atom stereocenters. The van der Waals surface area contributed by atoms with Crippen molar-refractivity contribution in [3.05, 3.63) is 88.1 Å². The van der Waals surface area contributed by atoms with Crippen LogP contribution in [0.25, 0.3) is 0 Å². The molecule has 140 valence electrons. The summed E-state index contributed by atoms with van der Waals surface area (Å²) in [6.45, 7) is 0. The molecule has 6 nitrogen and oxygen atoms in total. The Morgan fingerprint density at radius 1 is 1.07 bits per heavy atom. The summed E-state index contributed by atoms with van der Waals surface area (Å²) >= 11 is 1.36. The Morgan fingerprint density at radius 2 is 1.82 bits per heavy atom. The number of guanidine groups is 1. The highest BCUT2D eigenvalue weighted by Crippen LogP contribution is 2.36. The third-order valence-corrected chi connectivity index (χ3v) is 5.64. The van der Waals surface area contributed by atoms with Crippen molar-refractivity contribution in [2.75, 3.05) is 12.4 Å². The number of carbonyl (C=O) groups is 2. The smallest absolute Gasteiger partial charge is 0.265 e. The molecule has 0 saturated carbocycles. The first-order valence-corrected chi connectivity index (χ1v) is 9.56. The highest BCUT2D eigenvalue weighted by molar-refractivity contribution is 7.12. The van der Waals surface area contributed by atoms with Gasteiger partial charge in [0.05, 0.1) is 4.88 Å². The first-order valence-electron chi connectivity index (χ1n) is 8.68. The zero-order valence-electron chi connectivity index (χ0n) is 15.1. The first-order chi connectivity index (χ1) is 13.5.